The smallest absolute Gasteiger partial charge is 0.656 e. The SMILES string of the molecule is CC(C)c1cccc(C(C)C)c1[N+]1=C=[N+](c2c(C(C)C)cccc2C(C)C)c2ccccc21.Cc1cc(C)c2[n-]c3c(C)cc(C)cc3c2c1.[Au+]. The zero-order chi connectivity index (χ0) is 36.0. The van der Waals surface area contributed by atoms with Crippen LogP contribution in [-0.4, -0.2) is 6.01 Å². The predicted molar refractivity (Wildman–Crippen MR) is 217 cm³/mol. The fraction of sp³-hybridized carbons (Fsp3) is 0.340. The average molecular weight is 858 g/mol. The summed E-state index contributed by atoms with van der Waals surface area (Å²) in [5, 5.41) is 2.59. The number of para-hydroxylation sites is 4. The van der Waals surface area contributed by atoms with Crippen LogP contribution in [0.4, 0.5) is 22.7 Å². The van der Waals surface area contributed by atoms with Gasteiger partial charge in [-0.15, -0.1) is 11.0 Å². The Morgan fingerprint density at radius 2 is 0.804 bits per heavy atom. The van der Waals surface area contributed by atoms with Gasteiger partial charge in [0, 0.05) is 34.4 Å². The van der Waals surface area contributed by atoms with Gasteiger partial charge in [0.05, 0.1) is 0 Å². The van der Waals surface area contributed by atoms with E-state index in [0.717, 1.165) is 11.0 Å². The van der Waals surface area contributed by atoms with E-state index in [1.807, 2.05) is 0 Å². The second-order valence-electron chi connectivity index (χ2n) is 15.5. The summed E-state index contributed by atoms with van der Waals surface area (Å²) in [4.78, 5) is 4.80. The maximum absolute atomic E-state index is 4.80. The molecule has 5 aromatic carbocycles. The van der Waals surface area contributed by atoms with Gasteiger partial charge in [-0.05, 0) is 71.3 Å². The van der Waals surface area contributed by atoms with E-state index in [-0.39, 0.29) is 22.4 Å². The minimum atomic E-state index is 0. The summed E-state index contributed by atoms with van der Waals surface area (Å²) in [5.74, 6) is 1.71. The monoisotopic (exact) mass is 857 g/mol. The summed E-state index contributed by atoms with van der Waals surface area (Å²) in [7, 11) is 0. The van der Waals surface area contributed by atoms with Gasteiger partial charge >= 0.3 is 28.4 Å². The van der Waals surface area contributed by atoms with Gasteiger partial charge in [-0.1, -0.05) is 150 Å². The van der Waals surface area contributed by atoms with E-state index in [0.29, 0.717) is 23.7 Å². The van der Waals surface area contributed by atoms with E-state index in [1.54, 1.807) is 0 Å². The number of rotatable bonds is 6. The van der Waals surface area contributed by atoms with Crippen LogP contribution < -0.4 is 14.1 Å². The maximum Gasteiger partial charge on any atom is 1.00 e. The van der Waals surface area contributed by atoms with Crippen molar-refractivity contribution in [1.82, 2.24) is 14.1 Å². The minimum Gasteiger partial charge on any atom is -0.656 e. The summed E-state index contributed by atoms with van der Waals surface area (Å²) in [6, 6.07) is 35.0. The molecule has 4 heteroatoms. The molecule has 0 radical (unpaired) electrons. The molecule has 3 nitrogen and oxygen atoms in total. The van der Waals surface area contributed by atoms with Gasteiger partial charge in [-0.3, -0.25) is 0 Å². The molecule has 51 heavy (non-hydrogen) atoms. The molecule has 0 unspecified atom stereocenters. The number of aromatic nitrogens is 1. The maximum atomic E-state index is 4.80. The Balaban J connectivity index is 0.000000235. The van der Waals surface area contributed by atoms with Gasteiger partial charge in [0.2, 0.25) is 11.4 Å². The van der Waals surface area contributed by atoms with Gasteiger partial charge in [-0.2, -0.15) is 0 Å². The van der Waals surface area contributed by atoms with Crippen LogP contribution in [-0.2, 0) is 22.4 Å². The number of hydrogen-bond acceptors (Lipinski definition) is 0. The molecule has 0 amide bonds. The third-order valence-corrected chi connectivity index (χ3v) is 10.1. The van der Waals surface area contributed by atoms with Crippen LogP contribution in [0.15, 0.2) is 84.9 Å². The van der Waals surface area contributed by atoms with Crippen molar-refractivity contribution in [1.29, 1.82) is 0 Å². The molecular formula is C47H54AuN3+2. The Kier molecular flexibility index (Phi) is 11.5. The van der Waals surface area contributed by atoms with Crippen LogP contribution in [0.5, 0.6) is 0 Å². The van der Waals surface area contributed by atoms with Crippen LogP contribution >= 0.6 is 0 Å². The number of benzene rings is 5. The summed E-state index contributed by atoms with van der Waals surface area (Å²) >= 11 is 0. The van der Waals surface area contributed by atoms with E-state index in [1.165, 1.54) is 78.0 Å². The molecule has 0 N–H and O–H groups in total. The van der Waals surface area contributed by atoms with Crippen molar-refractivity contribution < 1.29 is 22.4 Å². The van der Waals surface area contributed by atoms with Gasteiger partial charge in [0.1, 0.15) is 0 Å². The molecule has 0 saturated heterocycles. The Morgan fingerprint density at radius 3 is 1.12 bits per heavy atom. The van der Waals surface area contributed by atoms with Crippen LogP contribution in [0.1, 0.15) is 124 Å². The van der Waals surface area contributed by atoms with Crippen molar-refractivity contribution in [2.24, 2.45) is 0 Å². The minimum absolute atomic E-state index is 0. The van der Waals surface area contributed by atoms with Crippen molar-refractivity contribution in [3.63, 3.8) is 0 Å². The molecule has 1 aromatic heterocycles. The largest absolute Gasteiger partial charge is 1.00 e. The van der Waals surface area contributed by atoms with Gasteiger partial charge in [0.15, 0.2) is 0 Å². The zero-order valence-electron chi connectivity index (χ0n) is 32.5. The van der Waals surface area contributed by atoms with Gasteiger partial charge in [-0.25, -0.2) is 0 Å². The first-order valence-corrected chi connectivity index (χ1v) is 18.4. The van der Waals surface area contributed by atoms with Crippen molar-refractivity contribution in [2.45, 2.75) is 107 Å². The second-order valence-corrected chi connectivity index (χ2v) is 15.5. The summed E-state index contributed by atoms with van der Waals surface area (Å²) in [6.07, 6.45) is 0. The van der Waals surface area contributed by atoms with Crippen molar-refractivity contribution in [3.8, 4) is 0 Å². The first-order valence-electron chi connectivity index (χ1n) is 18.4. The summed E-state index contributed by atoms with van der Waals surface area (Å²) in [5.41, 5.74) is 17.9. The standard InChI is InChI=1S/C31H38N2.C16H16N.Au/c1-20(2)24-13-11-14-25(21(3)4)30(24)32-19-33(29-18-10-9-17-28(29)32)31-26(22(5)6)15-12-16-27(31)23(7)8;1-9-5-11(3)15-13(7-9)14-8-10(2)6-12(4)16(14)17-15;/h9-18,20-23H,1-8H3;5-8H,1-4H3;/q+2;-1;+1. The van der Waals surface area contributed by atoms with Crippen LogP contribution in [0.25, 0.3) is 21.8 Å². The number of fused-ring (bicyclic) bond motifs is 4. The topological polar surface area (TPSA) is 20.1 Å². The van der Waals surface area contributed by atoms with Crippen molar-refractivity contribution >= 4 is 50.6 Å². The van der Waals surface area contributed by atoms with Gasteiger partial charge < -0.3 is 4.98 Å². The summed E-state index contributed by atoms with van der Waals surface area (Å²) in [6.45, 7) is 26.9. The molecule has 266 valence electrons. The van der Waals surface area contributed by atoms with Crippen LogP contribution in [0.3, 0.4) is 0 Å². The van der Waals surface area contributed by atoms with E-state index in [9.17, 15) is 0 Å². The molecule has 1 aliphatic rings. The van der Waals surface area contributed by atoms with Crippen molar-refractivity contribution in [2.75, 3.05) is 0 Å². The average Bonchev–Trinajstić information content (AvgIpc) is 3.63. The number of nitrogens with zero attached hydrogens (tertiary/aromatic N) is 3. The molecule has 1 aliphatic heterocycles. The van der Waals surface area contributed by atoms with E-state index < -0.39 is 0 Å². The molecule has 2 heterocycles. The normalized spacial score (nSPS) is 12.4. The first kappa shape index (κ1) is 38.3. The molecule has 0 atom stereocenters. The molecular weight excluding hydrogens is 804 g/mol. The fourth-order valence-electron chi connectivity index (χ4n) is 7.67. The van der Waals surface area contributed by atoms with E-state index in [2.05, 4.69) is 183 Å². The quantitative estimate of drug-likeness (QED) is 0.120. The number of hydrogen-bond donors (Lipinski definition) is 0. The van der Waals surface area contributed by atoms with E-state index >= 15 is 0 Å². The Labute approximate surface area is 321 Å². The molecule has 6 aromatic rings. The molecule has 0 aliphatic carbocycles. The third kappa shape index (κ3) is 7.24. The molecule has 0 fully saturated rings. The molecule has 0 spiro atoms. The summed E-state index contributed by atoms with van der Waals surface area (Å²) < 4.78 is 4.64. The Bertz CT molecular complexity index is 2100. The first-order chi connectivity index (χ1) is 23.8. The van der Waals surface area contributed by atoms with Gasteiger partial charge in [0.25, 0.3) is 11.4 Å². The van der Waals surface area contributed by atoms with E-state index in [4.69, 9.17) is 4.98 Å². The Hall–Kier alpha value is -3.98. The molecule has 7 rings (SSSR count). The second kappa shape index (κ2) is 15.3. The number of aryl methyl sites for hydroxylation is 4. The third-order valence-electron chi connectivity index (χ3n) is 10.1. The molecule has 0 bridgehead atoms. The fourth-order valence-corrected chi connectivity index (χ4v) is 7.67. The molecule has 0 saturated carbocycles. The van der Waals surface area contributed by atoms with Crippen molar-refractivity contribution in [3.05, 3.63) is 129 Å². The predicted octanol–water partition coefficient (Wildman–Crippen LogP) is 13.2. The Morgan fingerprint density at radius 1 is 0.471 bits per heavy atom. The van der Waals surface area contributed by atoms with Crippen LogP contribution in [0.2, 0.25) is 0 Å². The zero-order valence-corrected chi connectivity index (χ0v) is 34.7. The van der Waals surface area contributed by atoms with Crippen LogP contribution in [0, 0.1) is 27.7 Å².